The van der Waals surface area contributed by atoms with E-state index in [1.807, 2.05) is 65.0 Å². The van der Waals surface area contributed by atoms with Gasteiger partial charge in [0.2, 0.25) is 16.2 Å². The number of carbonyl (C=O) groups excluding carboxylic acids is 4. The van der Waals surface area contributed by atoms with Crippen LogP contribution in [-0.4, -0.2) is 121 Å². The summed E-state index contributed by atoms with van der Waals surface area (Å²) >= 11 is 4.55. The molecule has 2 fully saturated rings. The first-order chi connectivity index (χ1) is 30.4. The summed E-state index contributed by atoms with van der Waals surface area (Å²) in [4.78, 5) is 58.8. The van der Waals surface area contributed by atoms with Crippen LogP contribution in [0.15, 0.2) is 81.8 Å². The van der Waals surface area contributed by atoms with Crippen molar-refractivity contribution in [1.29, 1.82) is 0 Å². The Balaban J connectivity index is 0.701. The van der Waals surface area contributed by atoms with E-state index in [0.29, 0.717) is 98.1 Å². The predicted octanol–water partition coefficient (Wildman–Crippen LogP) is 4.89. The molecule has 2 aromatic carbocycles. The van der Waals surface area contributed by atoms with Crippen LogP contribution in [0.2, 0.25) is 0 Å². The third-order valence-electron chi connectivity index (χ3n) is 10.0. The van der Waals surface area contributed by atoms with Crippen LogP contribution in [0, 0.1) is 0 Å². The van der Waals surface area contributed by atoms with Gasteiger partial charge < -0.3 is 35.5 Å². The van der Waals surface area contributed by atoms with Gasteiger partial charge in [-0.2, -0.15) is 27.0 Å². The third-order valence-corrected chi connectivity index (χ3v) is 13.0. The Morgan fingerprint density at radius 2 is 1.58 bits per heavy atom. The van der Waals surface area contributed by atoms with Crippen molar-refractivity contribution in [2.45, 2.75) is 55.9 Å². The number of ether oxygens (including phenoxy) is 3. The number of unbranched alkanes of at least 4 members (excludes halogenated alkanes) is 1. The van der Waals surface area contributed by atoms with Gasteiger partial charge in [0.15, 0.2) is 5.71 Å². The molecule has 2 aromatic heterocycles. The first-order valence-electron chi connectivity index (χ1n) is 20.7. The maximum absolute atomic E-state index is 13.5. The number of fused-ring (bicyclic) bond motifs is 1. The summed E-state index contributed by atoms with van der Waals surface area (Å²) in [5.74, 6) is 0.417. The standard InChI is InChI=1S/C42H50N10O7S3/c53-34(11-5-4-10-33-36-32(27-61-33)46-40(56)48-36)43-16-6-19-57-21-23-59-24-22-58-20-7-17-44-38(54)30-14-12-28(13-15-30)31-26-62-42(47-31)52-39(55)37(49-50-41-45-18-25-60-41)35(51-52)29-8-2-1-3-9-29/h1-3,8-9,12-15,18,25-26,32-33,36H,4-7,10-11,16-17,19-24,27H2,(H,43,53)(H,44,54)(H,45,50)(H2,46,48,56)/t32?,33-,36?/m0/s1. The van der Waals surface area contributed by atoms with Crippen molar-refractivity contribution in [2.24, 2.45) is 10.2 Å². The molecule has 0 bridgehead atoms. The van der Waals surface area contributed by atoms with Crippen LogP contribution in [0.5, 0.6) is 0 Å². The summed E-state index contributed by atoms with van der Waals surface area (Å²) in [6.07, 6.45) is 6.38. The van der Waals surface area contributed by atoms with Gasteiger partial charge in [-0.25, -0.2) is 14.8 Å². The fourth-order valence-electron chi connectivity index (χ4n) is 6.87. The summed E-state index contributed by atoms with van der Waals surface area (Å²) in [6.45, 7) is 3.90. The Bertz CT molecular complexity index is 2150. The monoisotopic (exact) mass is 902 g/mol. The number of hydrazone groups is 2. The highest BCUT2D eigenvalue weighted by atomic mass is 32.2. The number of hydrogen-bond acceptors (Lipinski definition) is 15. The van der Waals surface area contributed by atoms with Crippen LogP contribution >= 0.6 is 34.4 Å². The second-order valence-electron chi connectivity index (χ2n) is 14.5. The fraction of sp³-hybridized carbons (Fsp3) is 0.429. The van der Waals surface area contributed by atoms with Gasteiger partial charge in [0.05, 0.1) is 44.2 Å². The molecule has 5 amide bonds. The number of thioether (sulfide) groups is 1. The smallest absolute Gasteiger partial charge is 0.315 e. The Labute approximate surface area is 371 Å². The number of benzene rings is 2. The zero-order valence-electron chi connectivity index (χ0n) is 34.1. The fourth-order valence-corrected chi connectivity index (χ4v) is 9.66. The van der Waals surface area contributed by atoms with Crippen LogP contribution in [-0.2, 0) is 23.8 Å². The molecule has 328 valence electrons. The van der Waals surface area contributed by atoms with E-state index in [0.717, 1.165) is 42.6 Å². The molecule has 20 heteroatoms. The van der Waals surface area contributed by atoms with E-state index in [-0.39, 0.29) is 35.6 Å². The van der Waals surface area contributed by atoms with Crippen molar-refractivity contribution in [3.63, 3.8) is 0 Å². The number of hydrogen-bond donors (Lipinski definition) is 5. The molecule has 3 aliphatic rings. The van der Waals surface area contributed by atoms with Gasteiger partial charge in [-0.1, -0.05) is 48.9 Å². The van der Waals surface area contributed by atoms with Crippen molar-refractivity contribution in [2.75, 3.05) is 68.9 Å². The molecular weight excluding hydrogens is 853 g/mol. The number of aromatic nitrogens is 2. The molecule has 4 aromatic rings. The molecule has 5 N–H and O–H groups in total. The normalized spacial score (nSPS) is 18.7. The minimum atomic E-state index is -0.412. The van der Waals surface area contributed by atoms with Gasteiger partial charge in [0, 0.05) is 77.4 Å². The number of urea groups is 1. The molecule has 17 nitrogen and oxygen atoms in total. The average molecular weight is 903 g/mol. The van der Waals surface area contributed by atoms with Crippen LogP contribution in [0.3, 0.4) is 0 Å². The topological polar surface area (TPSA) is 210 Å². The highest BCUT2D eigenvalue weighted by Gasteiger charge is 2.42. The number of carbonyl (C=O) groups is 4. The molecule has 0 spiro atoms. The number of thiazole rings is 2. The second-order valence-corrected chi connectivity index (χ2v) is 17.5. The lowest BCUT2D eigenvalue weighted by Gasteiger charge is -2.16. The van der Waals surface area contributed by atoms with Crippen LogP contribution in [0.4, 0.5) is 15.1 Å². The Kier molecular flexibility index (Phi) is 16.8. The quantitative estimate of drug-likeness (QED) is 0.0344. The third kappa shape index (κ3) is 12.7. The number of nitrogens with one attached hydrogen (secondary N) is 5. The minimum absolute atomic E-state index is 0.0638. The summed E-state index contributed by atoms with van der Waals surface area (Å²) in [5.41, 5.74) is 6.14. The van der Waals surface area contributed by atoms with Gasteiger partial charge >= 0.3 is 11.9 Å². The van der Waals surface area contributed by atoms with E-state index < -0.39 is 5.91 Å². The molecular formula is C42H50N10O7S3. The van der Waals surface area contributed by atoms with E-state index in [2.05, 4.69) is 46.9 Å². The lowest BCUT2D eigenvalue weighted by Crippen LogP contribution is -2.36. The van der Waals surface area contributed by atoms with Crippen molar-refractivity contribution >= 4 is 79.9 Å². The first kappa shape index (κ1) is 44.8. The van der Waals surface area contributed by atoms with Gasteiger partial charge in [0.25, 0.3) is 5.91 Å². The lowest BCUT2D eigenvalue weighted by atomic mass is 10.0. The Morgan fingerprint density at radius 1 is 0.839 bits per heavy atom. The van der Waals surface area contributed by atoms with E-state index in [1.165, 1.54) is 27.7 Å². The van der Waals surface area contributed by atoms with E-state index in [4.69, 9.17) is 14.2 Å². The van der Waals surface area contributed by atoms with E-state index >= 15 is 0 Å². The van der Waals surface area contributed by atoms with E-state index in [9.17, 15) is 19.2 Å². The second kappa shape index (κ2) is 23.3. The highest BCUT2D eigenvalue weighted by molar-refractivity contribution is 8.00. The molecule has 0 radical (unpaired) electrons. The minimum Gasteiger partial charge on any atom is -0.379 e. The molecule has 0 aliphatic carbocycles. The van der Waals surface area contributed by atoms with Crippen LogP contribution in [0.1, 0.15) is 54.4 Å². The number of rotatable bonds is 25. The van der Waals surface area contributed by atoms with Gasteiger partial charge in [-0.15, -0.1) is 22.7 Å². The van der Waals surface area contributed by atoms with Crippen molar-refractivity contribution in [3.8, 4) is 11.3 Å². The molecule has 0 saturated carbocycles. The summed E-state index contributed by atoms with van der Waals surface area (Å²) in [6, 6.07) is 16.9. The van der Waals surface area contributed by atoms with Gasteiger partial charge in [-0.3, -0.25) is 19.8 Å². The molecule has 7 rings (SSSR count). The van der Waals surface area contributed by atoms with Crippen molar-refractivity contribution in [3.05, 3.63) is 82.7 Å². The summed E-state index contributed by atoms with van der Waals surface area (Å²) < 4.78 is 16.8. The van der Waals surface area contributed by atoms with Gasteiger partial charge in [0.1, 0.15) is 5.71 Å². The maximum atomic E-state index is 13.5. The molecule has 2 unspecified atom stereocenters. The predicted molar refractivity (Wildman–Crippen MR) is 242 cm³/mol. The van der Waals surface area contributed by atoms with E-state index in [1.54, 1.807) is 18.3 Å². The molecule has 3 aliphatic heterocycles. The molecule has 62 heavy (non-hydrogen) atoms. The zero-order valence-corrected chi connectivity index (χ0v) is 36.5. The first-order valence-corrected chi connectivity index (χ1v) is 23.5. The summed E-state index contributed by atoms with van der Waals surface area (Å²) in [5, 5.41) is 27.1. The van der Waals surface area contributed by atoms with Crippen LogP contribution < -0.4 is 31.7 Å². The van der Waals surface area contributed by atoms with Crippen molar-refractivity contribution < 1.29 is 33.4 Å². The summed E-state index contributed by atoms with van der Waals surface area (Å²) in [7, 11) is 0. The Morgan fingerprint density at radius 3 is 2.32 bits per heavy atom. The van der Waals surface area contributed by atoms with Crippen LogP contribution in [0.25, 0.3) is 11.3 Å². The molecule has 2 saturated heterocycles. The molecule has 3 atom stereocenters. The van der Waals surface area contributed by atoms with Crippen molar-refractivity contribution in [1.82, 2.24) is 31.2 Å². The lowest BCUT2D eigenvalue weighted by molar-refractivity contribution is -0.121. The number of amides is 5. The average Bonchev–Trinajstić information content (AvgIpc) is 4.15. The largest absolute Gasteiger partial charge is 0.379 e. The zero-order chi connectivity index (χ0) is 42.9. The number of anilines is 2. The number of nitrogens with zero attached hydrogens (tertiary/aromatic N) is 5. The van der Waals surface area contributed by atoms with Gasteiger partial charge in [-0.05, 0) is 37.8 Å². The maximum Gasteiger partial charge on any atom is 0.315 e. The highest BCUT2D eigenvalue weighted by Crippen LogP contribution is 2.33. The molecule has 5 heterocycles. The SMILES string of the molecule is O=C(CCCC[C@@H]1SCC2NC(=O)NC21)NCCCOCCOCCOCCCNC(=O)c1ccc(-c2csc(N3N=C(c4ccccc4)C(=NNc4nccs4)C3=O)n2)cc1. The Hall–Kier alpha value is -5.25.